The minimum atomic E-state index is 0.628. The summed E-state index contributed by atoms with van der Waals surface area (Å²) >= 11 is 0. The highest BCUT2D eigenvalue weighted by Crippen LogP contribution is 2.24. The Kier molecular flexibility index (Phi) is 6.49. The third-order valence-electron chi connectivity index (χ3n) is 4.95. The fourth-order valence-electron chi connectivity index (χ4n) is 3.21. The average molecular weight is 356 g/mol. The first-order chi connectivity index (χ1) is 13.1. The molecule has 3 aromatic carbocycles. The number of rotatable bonds is 7. The zero-order valence-corrected chi connectivity index (χ0v) is 16.6. The van der Waals surface area contributed by atoms with Crippen molar-refractivity contribution in [2.75, 3.05) is 5.32 Å². The van der Waals surface area contributed by atoms with Crippen molar-refractivity contribution in [1.82, 2.24) is 0 Å². The summed E-state index contributed by atoms with van der Waals surface area (Å²) in [5, 5.41) is 3.49. The van der Waals surface area contributed by atoms with Crippen LogP contribution in [0.1, 0.15) is 54.9 Å². The topological polar surface area (TPSA) is 12.0 Å². The Morgan fingerprint density at radius 1 is 0.741 bits per heavy atom. The Bertz CT molecular complexity index is 856. The van der Waals surface area contributed by atoms with Gasteiger partial charge in [0.1, 0.15) is 0 Å². The molecule has 1 N–H and O–H groups in total. The van der Waals surface area contributed by atoms with Crippen molar-refractivity contribution in [2.45, 2.75) is 39.5 Å². The number of benzene rings is 3. The van der Waals surface area contributed by atoms with Crippen LogP contribution in [-0.2, 0) is 0 Å². The van der Waals surface area contributed by atoms with Crippen LogP contribution in [0.2, 0.25) is 0 Å². The second kappa shape index (κ2) is 9.23. The van der Waals surface area contributed by atoms with Gasteiger partial charge in [-0.1, -0.05) is 86.5 Å². The summed E-state index contributed by atoms with van der Waals surface area (Å²) in [7, 11) is 0. The van der Waals surface area contributed by atoms with E-state index >= 15 is 0 Å². The molecule has 0 saturated heterocycles. The van der Waals surface area contributed by atoms with Crippen LogP contribution >= 0.6 is 0 Å². The molecule has 0 amide bonds. The molecular formula is C26H29N. The van der Waals surface area contributed by atoms with Crippen LogP contribution < -0.4 is 5.32 Å². The summed E-state index contributed by atoms with van der Waals surface area (Å²) < 4.78 is 0. The summed E-state index contributed by atoms with van der Waals surface area (Å²) in [5.74, 6) is 0.628. The smallest absolute Gasteiger partial charge is 0.0384 e. The van der Waals surface area contributed by atoms with Crippen molar-refractivity contribution in [3.05, 3.63) is 95.1 Å². The van der Waals surface area contributed by atoms with E-state index in [1.54, 1.807) is 0 Å². The Morgan fingerprint density at radius 3 is 1.74 bits per heavy atom. The van der Waals surface area contributed by atoms with Crippen LogP contribution in [0.3, 0.4) is 0 Å². The van der Waals surface area contributed by atoms with Crippen LogP contribution in [-0.4, -0.2) is 0 Å². The van der Waals surface area contributed by atoms with Crippen molar-refractivity contribution in [3.8, 4) is 0 Å². The van der Waals surface area contributed by atoms with Crippen molar-refractivity contribution in [2.24, 2.45) is 0 Å². The van der Waals surface area contributed by atoms with Crippen molar-refractivity contribution in [1.29, 1.82) is 0 Å². The maximum Gasteiger partial charge on any atom is 0.0384 e. The van der Waals surface area contributed by atoms with Crippen LogP contribution in [0.4, 0.5) is 11.4 Å². The monoisotopic (exact) mass is 355 g/mol. The molecule has 3 rings (SSSR count). The molecule has 138 valence electrons. The fourth-order valence-corrected chi connectivity index (χ4v) is 3.21. The molecule has 0 aromatic heterocycles. The van der Waals surface area contributed by atoms with Crippen molar-refractivity contribution in [3.63, 3.8) is 0 Å². The zero-order chi connectivity index (χ0) is 19.1. The Morgan fingerprint density at radius 2 is 1.22 bits per heavy atom. The number of aryl methyl sites for hydroxylation is 1. The number of nitrogens with one attached hydrogen (secondary N) is 1. The summed E-state index contributed by atoms with van der Waals surface area (Å²) in [6.45, 7) is 6.65. The molecule has 1 heteroatoms. The molecule has 0 aliphatic carbocycles. The Labute approximate surface area is 163 Å². The lowest BCUT2D eigenvalue weighted by Gasteiger charge is -2.12. The second-order valence-corrected chi connectivity index (χ2v) is 7.30. The lowest BCUT2D eigenvalue weighted by molar-refractivity contribution is 0.665. The van der Waals surface area contributed by atoms with Gasteiger partial charge in [-0.15, -0.1) is 0 Å². The molecule has 0 unspecified atom stereocenters. The molecular weight excluding hydrogens is 326 g/mol. The predicted octanol–water partition coefficient (Wildman–Crippen LogP) is 7.81. The average Bonchev–Trinajstić information content (AvgIpc) is 2.69. The standard InChI is InChI=1S/C26H29N/c1-4-5-21(3)24-14-18-26(19-15-24)27-25-16-12-23(13-17-25)11-10-22-8-6-20(2)7-9-22/h6-19,21,27H,4-5H2,1-3H3/b11-10+/t21-/m0/s1. The molecule has 0 radical (unpaired) electrons. The number of hydrogen-bond donors (Lipinski definition) is 1. The van der Waals surface area contributed by atoms with Crippen LogP contribution in [0, 0.1) is 6.92 Å². The highest BCUT2D eigenvalue weighted by Gasteiger charge is 2.04. The van der Waals surface area contributed by atoms with E-state index < -0.39 is 0 Å². The predicted molar refractivity (Wildman–Crippen MR) is 120 cm³/mol. The summed E-state index contributed by atoms with van der Waals surface area (Å²) in [4.78, 5) is 0. The van der Waals surface area contributed by atoms with E-state index in [1.807, 2.05) is 0 Å². The summed E-state index contributed by atoms with van der Waals surface area (Å²) in [6.07, 6.45) is 6.77. The van der Waals surface area contributed by atoms with E-state index in [9.17, 15) is 0 Å². The molecule has 0 bridgehead atoms. The van der Waals surface area contributed by atoms with E-state index in [-0.39, 0.29) is 0 Å². The molecule has 0 heterocycles. The van der Waals surface area contributed by atoms with Crippen LogP contribution in [0.25, 0.3) is 12.2 Å². The Hall–Kier alpha value is -2.80. The van der Waals surface area contributed by atoms with Gasteiger partial charge in [-0.3, -0.25) is 0 Å². The third-order valence-corrected chi connectivity index (χ3v) is 4.95. The van der Waals surface area contributed by atoms with Gasteiger partial charge in [0.15, 0.2) is 0 Å². The maximum atomic E-state index is 3.49. The lowest BCUT2D eigenvalue weighted by atomic mass is 9.96. The SMILES string of the molecule is CCC[C@H](C)c1ccc(Nc2ccc(/C=C/c3ccc(C)cc3)cc2)cc1. The van der Waals surface area contributed by atoms with Crippen molar-refractivity contribution >= 4 is 23.5 Å². The van der Waals surface area contributed by atoms with Gasteiger partial charge >= 0.3 is 0 Å². The largest absolute Gasteiger partial charge is 0.356 e. The number of anilines is 2. The molecule has 0 spiro atoms. The van der Waals surface area contributed by atoms with Gasteiger partial charge in [0, 0.05) is 11.4 Å². The minimum Gasteiger partial charge on any atom is -0.356 e. The molecule has 0 saturated carbocycles. The van der Waals surface area contributed by atoms with Gasteiger partial charge in [0.25, 0.3) is 0 Å². The van der Waals surface area contributed by atoms with Gasteiger partial charge in [0.05, 0.1) is 0 Å². The highest BCUT2D eigenvalue weighted by molar-refractivity contribution is 5.71. The van der Waals surface area contributed by atoms with Gasteiger partial charge in [0.2, 0.25) is 0 Å². The van der Waals surface area contributed by atoms with Crippen molar-refractivity contribution < 1.29 is 0 Å². The maximum absolute atomic E-state index is 3.49. The van der Waals surface area contributed by atoms with Gasteiger partial charge < -0.3 is 5.32 Å². The first-order valence-electron chi connectivity index (χ1n) is 9.86. The molecule has 27 heavy (non-hydrogen) atoms. The lowest BCUT2D eigenvalue weighted by Crippen LogP contribution is -1.94. The molecule has 0 aliphatic heterocycles. The van der Waals surface area contributed by atoms with Crippen LogP contribution in [0.15, 0.2) is 72.8 Å². The van der Waals surface area contributed by atoms with E-state index in [2.05, 4.69) is 111 Å². The minimum absolute atomic E-state index is 0.628. The van der Waals surface area contributed by atoms with Gasteiger partial charge in [-0.2, -0.15) is 0 Å². The highest BCUT2D eigenvalue weighted by atomic mass is 14.9. The van der Waals surface area contributed by atoms with Gasteiger partial charge in [-0.05, 0) is 60.2 Å². The van der Waals surface area contributed by atoms with E-state index in [1.165, 1.54) is 35.1 Å². The molecule has 3 aromatic rings. The quantitative estimate of drug-likeness (QED) is 0.426. The zero-order valence-electron chi connectivity index (χ0n) is 16.6. The summed E-state index contributed by atoms with van der Waals surface area (Å²) in [5.41, 5.74) is 7.36. The van der Waals surface area contributed by atoms with E-state index in [0.717, 1.165) is 11.4 Å². The van der Waals surface area contributed by atoms with E-state index in [4.69, 9.17) is 0 Å². The molecule has 0 fully saturated rings. The Balaban J connectivity index is 1.61. The van der Waals surface area contributed by atoms with E-state index in [0.29, 0.717) is 5.92 Å². The first kappa shape index (κ1) is 19.0. The molecule has 0 aliphatic rings. The fraction of sp³-hybridized carbons (Fsp3) is 0.231. The third kappa shape index (κ3) is 5.59. The van der Waals surface area contributed by atoms with Crippen LogP contribution in [0.5, 0.6) is 0 Å². The normalized spacial score (nSPS) is 12.3. The molecule has 1 nitrogen and oxygen atoms in total. The second-order valence-electron chi connectivity index (χ2n) is 7.30. The number of hydrogen-bond acceptors (Lipinski definition) is 1. The van der Waals surface area contributed by atoms with Gasteiger partial charge in [-0.25, -0.2) is 0 Å². The molecule has 1 atom stereocenters. The first-order valence-corrected chi connectivity index (χ1v) is 9.86. The summed E-state index contributed by atoms with van der Waals surface area (Å²) in [6, 6.07) is 25.9.